The van der Waals surface area contributed by atoms with E-state index in [1.54, 1.807) is 50.7 Å². The summed E-state index contributed by atoms with van der Waals surface area (Å²) in [6, 6.07) is 10.1. The molecule has 1 unspecified atom stereocenters. The van der Waals surface area contributed by atoms with E-state index < -0.39 is 22.8 Å². The Morgan fingerprint density at radius 2 is 1.78 bits per heavy atom. The van der Waals surface area contributed by atoms with Gasteiger partial charge in [-0.3, -0.25) is 4.79 Å². The Labute approximate surface area is 158 Å². The standard InChI is InChI=1S/C20H18F2N2O2S/c1-12-8-13(11-24(2)20(12)25)16-10-15(27(3)26)5-7-18(16)23-19-6-4-14(21)9-17(19)22/h4-11,23H,1-3H3. The van der Waals surface area contributed by atoms with Crippen molar-refractivity contribution < 1.29 is 13.3 Å². The number of halogens is 2. The van der Waals surface area contributed by atoms with Crippen LogP contribution < -0.4 is 10.9 Å². The molecule has 0 aliphatic carbocycles. The number of aromatic nitrogens is 1. The van der Waals surface area contributed by atoms with Crippen molar-refractivity contribution in [3.8, 4) is 11.1 Å². The molecule has 3 rings (SSSR count). The van der Waals surface area contributed by atoms with Crippen LogP contribution in [0.25, 0.3) is 11.1 Å². The summed E-state index contributed by atoms with van der Waals surface area (Å²) in [5, 5.41) is 2.96. The number of aryl methyl sites for hydroxylation is 2. The van der Waals surface area contributed by atoms with Crippen LogP contribution in [0.1, 0.15) is 5.56 Å². The van der Waals surface area contributed by atoms with E-state index in [0.29, 0.717) is 27.3 Å². The van der Waals surface area contributed by atoms with Gasteiger partial charge in [-0.25, -0.2) is 8.78 Å². The Balaban J connectivity index is 2.15. The predicted octanol–water partition coefficient (Wildman–Crippen LogP) is 4.12. The zero-order valence-electron chi connectivity index (χ0n) is 15.0. The van der Waals surface area contributed by atoms with Crippen LogP contribution in [0.3, 0.4) is 0 Å². The highest BCUT2D eigenvalue weighted by Gasteiger charge is 2.15. The van der Waals surface area contributed by atoms with Crippen molar-refractivity contribution in [2.24, 2.45) is 7.05 Å². The van der Waals surface area contributed by atoms with Gasteiger partial charge < -0.3 is 14.4 Å². The quantitative estimate of drug-likeness (QED) is 0.684. The molecule has 1 N–H and O–H groups in total. The first kappa shape index (κ1) is 19.1. The second-order valence-electron chi connectivity index (χ2n) is 6.24. The van der Waals surface area contributed by atoms with E-state index in [-0.39, 0.29) is 11.2 Å². The first-order valence-electron chi connectivity index (χ1n) is 8.13. The summed E-state index contributed by atoms with van der Waals surface area (Å²) in [5.41, 5.74) is 2.47. The van der Waals surface area contributed by atoms with Crippen molar-refractivity contribution in [3.05, 3.63) is 76.2 Å². The van der Waals surface area contributed by atoms with Crippen molar-refractivity contribution in [1.82, 2.24) is 4.57 Å². The van der Waals surface area contributed by atoms with Crippen LogP contribution in [0.15, 0.2) is 58.4 Å². The Kier molecular flexibility index (Phi) is 5.34. The SMILES string of the molecule is Cc1cc(-c2cc([S+](C)[O-])ccc2Nc2ccc(F)cc2F)cn(C)c1=O. The summed E-state index contributed by atoms with van der Waals surface area (Å²) in [6.07, 6.45) is 3.23. The molecule has 0 aliphatic heterocycles. The van der Waals surface area contributed by atoms with Crippen LogP contribution in [0.4, 0.5) is 20.2 Å². The lowest BCUT2D eigenvalue weighted by atomic mass is 10.0. The van der Waals surface area contributed by atoms with E-state index in [1.807, 2.05) is 0 Å². The van der Waals surface area contributed by atoms with Crippen LogP contribution in [0.5, 0.6) is 0 Å². The number of hydrogen-bond acceptors (Lipinski definition) is 3. The molecular weight excluding hydrogens is 370 g/mol. The van der Waals surface area contributed by atoms with Crippen LogP contribution in [0, 0.1) is 18.6 Å². The summed E-state index contributed by atoms with van der Waals surface area (Å²) in [6.45, 7) is 1.71. The lowest BCUT2D eigenvalue weighted by Gasteiger charge is -2.16. The third-order valence-corrected chi connectivity index (χ3v) is 5.11. The normalized spacial score (nSPS) is 12.1. The Hall–Kier alpha value is -2.64. The van der Waals surface area contributed by atoms with Gasteiger partial charge in [0.05, 0.1) is 5.69 Å². The first-order chi connectivity index (χ1) is 12.8. The van der Waals surface area contributed by atoms with E-state index in [1.165, 1.54) is 10.6 Å². The molecule has 0 bridgehead atoms. The zero-order valence-corrected chi connectivity index (χ0v) is 15.9. The molecule has 0 saturated heterocycles. The number of nitrogens with one attached hydrogen (secondary N) is 1. The number of nitrogens with zero attached hydrogens (tertiary/aromatic N) is 1. The van der Waals surface area contributed by atoms with Crippen molar-refractivity contribution in [2.45, 2.75) is 11.8 Å². The van der Waals surface area contributed by atoms with Crippen molar-refractivity contribution in [1.29, 1.82) is 0 Å². The minimum atomic E-state index is -1.21. The summed E-state index contributed by atoms with van der Waals surface area (Å²) in [4.78, 5) is 12.6. The Morgan fingerprint density at radius 3 is 2.41 bits per heavy atom. The third kappa shape index (κ3) is 4.04. The average Bonchev–Trinajstić information content (AvgIpc) is 2.61. The maximum Gasteiger partial charge on any atom is 0.253 e. The Morgan fingerprint density at radius 1 is 1.07 bits per heavy atom. The van der Waals surface area contributed by atoms with Gasteiger partial charge >= 0.3 is 0 Å². The van der Waals surface area contributed by atoms with E-state index in [0.717, 1.165) is 12.1 Å². The van der Waals surface area contributed by atoms with Gasteiger partial charge in [0.25, 0.3) is 5.56 Å². The van der Waals surface area contributed by atoms with Gasteiger partial charge in [-0.2, -0.15) is 0 Å². The smallest absolute Gasteiger partial charge is 0.253 e. The number of pyridine rings is 1. The maximum atomic E-state index is 14.1. The molecule has 1 aromatic heterocycles. The molecule has 3 aromatic rings. The molecular formula is C20H18F2N2O2S. The number of rotatable bonds is 4. The summed E-state index contributed by atoms with van der Waals surface area (Å²) >= 11 is -1.21. The van der Waals surface area contributed by atoms with Crippen LogP contribution in [-0.2, 0) is 18.2 Å². The molecule has 0 spiro atoms. The number of hydrogen-bond donors (Lipinski definition) is 1. The molecule has 1 heterocycles. The molecule has 0 fully saturated rings. The molecule has 27 heavy (non-hydrogen) atoms. The minimum absolute atomic E-state index is 0.115. The van der Waals surface area contributed by atoms with Gasteiger partial charge in [0, 0.05) is 47.8 Å². The number of benzene rings is 2. The van der Waals surface area contributed by atoms with E-state index >= 15 is 0 Å². The van der Waals surface area contributed by atoms with Crippen LogP contribution in [-0.4, -0.2) is 15.4 Å². The molecule has 0 amide bonds. The molecule has 7 heteroatoms. The van der Waals surface area contributed by atoms with E-state index in [2.05, 4.69) is 5.32 Å². The van der Waals surface area contributed by atoms with Gasteiger partial charge in [0.1, 0.15) is 17.9 Å². The monoisotopic (exact) mass is 388 g/mol. The molecule has 2 aromatic carbocycles. The lowest BCUT2D eigenvalue weighted by molar-refractivity contribution is 0.586. The fraction of sp³-hybridized carbons (Fsp3) is 0.150. The van der Waals surface area contributed by atoms with Crippen molar-refractivity contribution >= 4 is 22.6 Å². The van der Waals surface area contributed by atoms with Gasteiger partial charge in [0.15, 0.2) is 4.90 Å². The Bertz CT molecular complexity index is 1040. The highest BCUT2D eigenvalue weighted by atomic mass is 32.2. The fourth-order valence-corrected chi connectivity index (χ4v) is 3.35. The fourth-order valence-electron chi connectivity index (χ4n) is 2.81. The van der Waals surface area contributed by atoms with E-state index in [4.69, 9.17) is 0 Å². The van der Waals surface area contributed by atoms with Crippen molar-refractivity contribution in [3.63, 3.8) is 0 Å². The predicted molar refractivity (Wildman–Crippen MR) is 104 cm³/mol. The van der Waals surface area contributed by atoms with Gasteiger partial charge in [-0.15, -0.1) is 0 Å². The molecule has 0 saturated carbocycles. The van der Waals surface area contributed by atoms with Crippen LogP contribution >= 0.6 is 0 Å². The minimum Gasteiger partial charge on any atom is -0.612 e. The second-order valence-corrected chi connectivity index (χ2v) is 7.62. The highest BCUT2D eigenvalue weighted by Crippen LogP contribution is 2.33. The molecule has 0 radical (unpaired) electrons. The molecule has 4 nitrogen and oxygen atoms in total. The van der Waals surface area contributed by atoms with Gasteiger partial charge in [0.2, 0.25) is 0 Å². The number of anilines is 2. The molecule has 1 atom stereocenters. The lowest BCUT2D eigenvalue weighted by Crippen LogP contribution is -2.18. The van der Waals surface area contributed by atoms with E-state index in [9.17, 15) is 18.1 Å². The largest absolute Gasteiger partial charge is 0.612 e. The summed E-state index contributed by atoms with van der Waals surface area (Å²) < 4.78 is 40.6. The third-order valence-electron chi connectivity index (χ3n) is 4.20. The second kappa shape index (κ2) is 7.54. The first-order valence-corrected chi connectivity index (χ1v) is 9.69. The van der Waals surface area contributed by atoms with Crippen molar-refractivity contribution in [2.75, 3.05) is 11.6 Å². The summed E-state index contributed by atoms with van der Waals surface area (Å²) in [7, 11) is 1.65. The molecule has 140 valence electrons. The average molecular weight is 388 g/mol. The van der Waals surface area contributed by atoms with Gasteiger partial charge in [-0.1, -0.05) is 0 Å². The zero-order chi connectivity index (χ0) is 19.7. The maximum absolute atomic E-state index is 14.1. The highest BCUT2D eigenvalue weighted by molar-refractivity contribution is 7.90. The molecule has 0 aliphatic rings. The summed E-state index contributed by atoms with van der Waals surface area (Å²) in [5.74, 6) is -1.38. The van der Waals surface area contributed by atoms with Gasteiger partial charge in [-0.05, 0) is 48.4 Å². The van der Waals surface area contributed by atoms with Crippen LogP contribution in [0.2, 0.25) is 0 Å². The topological polar surface area (TPSA) is 57.1 Å².